The van der Waals surface area contributed by atoms with Crippen molar-refractivity contribution in [3.8, 4) is 0 Å². The number of hydrogen-bond acceptors (Lipinski definition) is 2. The summed E-state index contributed by atoms with van der Waals surface area (Å²) in [6.07, 6.45) is 3.20. The van der Waals surface area contributed by atoms with Crippen molar-refractivity contribution in [2.75, 3.05) is 7.05 Å². The van der Waals surface area contributed by atoms with Crippen molar-refractivity contribution in [1.82, 2.24) is 5.32 Å². The van der Waals surface area contributed by atoms with E-state index in [-0.39, 0.29) is 6.10 Å². The lowest BCUT2D eigenvalue weighted by molar-refractivity contribution is 0.153. The molecule has 2 unspecified atom stereocenters. The number of likely N-dealkylation sites (N-methyl/N-ethyl adjacent to an activating group) is 1. The molecule has 2 nitrogen and oxygen atoms in total. The Hall–Kier alpha value is -0.0800. The quantitative estimate of drug-likeness (QED) is 0.508. The minimum absolute atomic E-state index is 0.0833. The van der Waals surface area contributed by atoms with Crippen LogP contribution in [0.25, 0.3) is 0 Å². The Bertz CT molecular complexity index is 74.9. The van der Waals surface area contributed by atoms with Crippen LogP contribution in [0, 0.1) is 0 Å². The molecule has 1 aliphatic rings. The third-order valence-electron chi connectivity index (χ3n) is 1.85. The molecule has 2 N–H and O–H groups in total. The first-order valence-electron chi connectivity index (χ1n) is 3.20. The Kier molecular flexibility index (Phi) is 1.86. The molecule has 1 rings (SSSR count). The van der Waals surface area contributed by atoms with Gasteiger partial charge in [-0.1, -0.05) is 0 Å². The van der Waals surface area contributed by atoms with E-state index in [0.29, 0.717) is 6.04 Å². The van der Waals surface area contributed by atoms with E-state index in [2.05, 4.69) is 5.32 Å². The van der Waals surface area contributed by atoms with E-state index >= 15 is 0 Å². The van der Waals surface area contributed by atoms with Gasteiger partial charge in [-0.25, -0.2) is 0 Å². The first-order chi connectivity index (χ1) is 3.84. The molecule has 0 aromatic rings. The van der Waals surface area contributed by atoms with E-state index in [4.69, 9.17) is 5.11 Å². The second-order valence-corrected chi connectivity index (χ2v) is 2.39. The van der Waals surface area contributed by atoms with Gasteiger partial charge in [0.2, 0.25) is 0 Å². The van der Waals surface area contributed by atoms with E-state index in [1.807, 2.05) is 7.05 Å². The predicted octanol–water partition coefficient (Wildman–Crippen LogP) is 0.119. The van der Waals surface area contributed by atoms with Crippen LogP contribution in [0.15, 0.2) is 0 Å². The number of nitrogens with one attached hydrogen (secondary N) is 1. The Balaban J connectivity index is 2.30. The molecule has 0 saturated heterocycles. The fourth-order valence-electron chi connectivity index (χ4n) is 1.28. The maximum absolute atomic E-state index is 9.13. The zero-order valence-corrected chi connectivity index (χ0v) is 5.22. The molecular formula is C6H13NO. The van der Waals surface area contributed by atoms with Crippen molar-refractivity contribution in [3.05, 3.63) is 0 Å². The van der Waals surface area contributed by atoms with Gasteiger partial charge in [0.05, 0.1) is 6.10 Å². The number of rotatable bonds is 1. The van der Waals surface area contributed by atoms with Crippen molar-refractivity contribution in [2.45, 2.75) is 31.4 Å². The van der Waals surface area contributed by atoms with Gasteiger partial charge < -0.3 is 10.4 Å². The molecule has 0 heterocycles. The predicted molar refractivity (Wildman–Crippen MR) is 32.7 cm³/mol. The van der Waals surface area contributed by atoms with Crippen LogP contribution in [0.3, 0.4) is 0 Å². The van der Waals surface area contributed by atoms with E-state index in [9.17, 15) is 0 Å². The number of hydrogen-bond donors (Lipinski definition) is 2. The van der Waals surface area contributed by atoms with Crippen LogP contribution in [0.4, 0.5) is 0 Å². The minimum Gasteiger partial charge on any atom is -0.392 e. The molecule has 0 amide bonds. The van der Waals surface area contributed by atoms with Gasteiger partial charge in [0.25, 0.3) is 0 Å². The smallest absolute Gasteiger partial charge is 0.0693 e. The first-order valence-corrected chi connectivity index (χ1v) is 3.20. The van der Waals surface area contributed by atoms with Gasteiger partial charge in [0, 0.05) is 6.04 Å². The van der Waals surface area contributed by atoms with Crippen molar-refractivity contribution >= 4 is 0 Å². The van der Waals surface area contributed by atoms with Crippen molar-refractivity contribution in [2.24, 2.45) is 0 Å². The summed E-state index contributed by atoms with van der Waals surface area (Å²) in [4.78, 5) is 0. The van der Waals surface area contributed by atoms with Crippen LogP contribution in [0.5, 0.6) is 0 Å². The van der Waals surface area contributed by atoms with Crippen molar-refractivity contribution in [3.63, 3.8) is 0 Å². The van der Waals surface area contributed by atoms with Crippen LogP contribution in [-0.2, 0) is 0 Å². The number of aliphatic hydroxyl groups is 1. The Morgan fingerprint density at radius 2 is 2.25 bits per heavy atom. The summed E-state index contributed by atoms with van der Waals surface area (Å²) in [7, 11) is 1.90. The van der Waals surface area contributed by atoms with Gasteiger partial charge in [-0.05, 0) is 26.3 Å². The van der Waals surface area contributed by atoms with Crippen LogP contribution < -0.4 is 5.32 Å². The van der Waals surface area contributed by atoms with Crippen LogP contribution in [0.2, 0.25) is 0 Å². The Morgan fingerprint density at radius 1 is 1.50 bits per heavy atom. The molecule has 1 fully saturated rings. The lowest BCUT2D eigenvalue weighted by atomic mass is 10.2. The molecule has 2 heteroatoms. The molecule has 0 bridgehead atoms. The average molecular weight is 115 g/mol. The lowest BCUT2D eigenvalue weighted by Crippen LogP contribution is -2.32. The van der Waals surface area contributed by atoms with Crippen molar-refractivity contribution in [1.29, 1.82) is 0 Å². The average Bonchev–Trinajstić information content (AvgIpc) is 2.14. The van der Waals surface area contributed by atoms with Gasteiger partial charge in [-0.2, -0.15) is 0 Å². The molecule has 0 spiro atoms. The first kappa shape index (κ1) is 6.05. The van der Waals surface area contributed by atoms with Crippen LogP contribution >= 0.6 is 0 Å². The fourth-order valence-corrected chi connectivity index (χ4v) is 1.28. The molecule has 1 saturated carbocycles. The zero-order chi connectivity index (χ0) is 5.98. The topological polar surface area (TPSA) is 32.3 Å². The van der Waals surface area contributed by atoms with E-state index < -0.39 is 0 Å². The van der Waals surface area contributed by atoms with Crippen LogP contribution in [0.1, 0.15) is 19.3 Å². The van der Waals surface area contributed by atoms with Crippen LogP contribution in [-0.4, -0.2) is 24.3 Å². The monoisotopic (exact) mass is 115 g/mol. The maximum atomic E-state index is 9.13. The van der Waals surface area contributed by atoms with Gasteiger partial charge in [0.15, 0.2) is 0 Å². The third-order valence-corrected chi connectivity index (χ3v) is 1.85. The zero-order valence-electron chi connectivity index (χ0n) is 5.22. The van der Waals surface area contributed by atoms with Gasteiger partial charge in [-0.15, -0.1) is 0 Å². The molecule has 2 atom stereocenters. The summed E-state index contributed by atoms with van der Waals surface area (Å²) in [5, 5.41) is 12.2. The lowest BCUT2D eigenvalue weighted by Gasteiger charge is -2.11. The Morgan fingerprint density at radius 3 is 2.50 bits per heavy atom. The Labute approximate surface area is 49.9 Å². The van der Waals surface area contributed by atoms with E-state index in [1.54, 1.807) is 0 Å². The minimum atomic E-state index is -0.0833. The molecule has 0 aromatic carbocycles. The largest absolute Gasteiger partial charge is 0.392 e. The standard InChI is InChI=1S/C6H13NO/c1-7-5-3-2-4-6(5)8/h5-8H,2-4H2,1H3. The molecular weight excluding hydrogens is 102 g/mol. The highest BCUT2D eigenvalue weighted by atomic mass is 16.3. The molecule has 1 aliphatic carbocycles. The molecule has 0 aromatic heterocycles. The maximum Gasteiger partial charge on any atom is 0.0693 e. The third kappa shape index (κ3) is 1.01. The van der Waals surface area contributed by atoms with Gasteiger partial charge in [0.1, 0.15) is 0 Å². The highest BCUT2D eigenvalue weighted by Crippen LogP contribution is 2.17. The normalized spacial score (nSPS) is 38.2. The number of aliphatic hydroxyl groups excluding tert-OH is 1. The van der Waals surface area contributed by atoms with Gasteiger partial charge >= 0.3 is 0 Å². The highest BCUT2D eigenvalue weighted by Gasteiger charge is 2.22. The second kappa shape index (κ2) is 2.46. The molecule has 0 radical (unpaired) electrons. The molecule has 48 valence electrons. The molecule has 8 heavy (non-hydrogen) atoms. The summed E-state index contributed by atoms with van der Waals surface area (Å²) >= 11 is 0. The van der Waals surface area contributed by atoms with E-state index in [0.717, 1.165) is 12.8 Å². The highest BCUT2D eigenvalue weighted by molar-refractivity contribution is 4.80. The summed E-state index contributed by atoms with van der Waals surface area (Å²) in [6.45, 7) is 0. The van der Waals surface area contributed by atoms with Crippen molar-refractivity contribution < 1.29 is 5.11 Å². The van der Waals surface area contributed by atoms with E-state index in [1.165, 1.54) is 6.42 Å². The second-order valence-electron chi connectivity index (χ2n) is 2.39. The summed E-state index contributed by atoms with van der Waals surface area (Å²) in [5.74, 6) is 0. The van der Waals surface area contributed by atoms with Gasteiger partial charge in [-0.3, -0.25) is 0 Å². The SMILES string of the molecule is CNC1CCCC1O. The summed E-state index contributed by atoms with van der Waals surface area (Å²) < 4.78 is 0. The summed E-state index contributed by atoms with van der Waals surface area (Å²) in [6, 6.07) is 0.370. The fraction of sp³-hybridized carbons (Fsp3) is 1.00. The summed E-state index contributed by atoms with van der Waals surface area (Å²) in [5.41, 5.74) is 0. The molecule has 0 aliphatic heterocycles.